The number of nitrogens with one attached hydrogen (secondary N) is 1. The molecule has 0 spiro atoms. The molecule has 1 saturated heterocycles. The summed E-state index contributed by atoms with van der Waals surface area (Å²) in [5.41, 5.74) is 7.01. The second kappa shape index (κ2) is 14.7. The highest BCUT2D eigenvalue weighted by Gasteiger charge is 2.37. The van der Waals surface area contributed by atoms with Crippen LogP contribution in [0, 0.1) is 11.3 Å². The quantitative estimate of drug-likeness (QED) is 0.214. The number of fused-ring (bicyclic) bond motifs is 6. The number of hydrogen-bond donors (Lipinski definition) is 1. The maximum atomic E-state index is 14.0. The van der Waals surface area contributed by atoms with Gasteiger partial charge >= 0.3 is 12.1 Å². The van der Waals surface area contributed by atoms with Crippen molar-refractivity contribution in [1.29, 1.82) is 0 Å². The van der Waals surface area contributed by atoms with Gasteiger partial charge in [-0.25, -0.2) is 4.79 Å². The van der Waals surface area contributed by atoms with Crippen LogP contribution >= 0.6 is 0 Å². The summed E-state index contributed by atoms with van der Waals surface area (Å²) < 4.78 is 19.7. The number of amides is 2. The molecule has 2 amide bonds. The number of pyridine rings is 1. The van der Waals surface area contributed by atoms with E-state index in [0.29, 0.717) is 19.4 Å². The van der Waals surface area contributed by atoms with E-state index in [2.05, 4.69) is 67.1 Å². The van der Waals surface area contributed by atoms with Gasteiger partial charge in [0.25, 0.3) is 0 Å². The number of aromatic nitrogens is 2. The molecule has 4 aromatic rings. The maximum absolute atomic E-state index is 14.0. The summed E-state index contributed by atoms with van der Waals surface area (Å²) in [6, 6.07) is 17.9. The van der Waals surface area contributed by atoms with Crippen LogP contribution in [0.25, 0.3) is 33.3 Å². The number of cyclic esters (lactones) is 1. The SMILES string of the molecule is CCn1c(-c2cccnc2[C@H](C)OC)c2c3cc(ccc31)-c1cccc(c1)C[C@H](NC(=O)OC(C)(C)C)C(=O)N1CC[C@@H](C1)C(=O)OCC(C)(C)C2. The summed E-state index contributed by atoms with van der Waals surface area (Å²) >= 11 is 0. The first-order valence-corrected chi connectivity index (χ1v) is 18.4. The summed E-state index contributed by atoms with van der Waals surface area (Å²) in [6.07, 6.45) is 2.33. The highest BCUT2D eigenvalue weighted by atomic mass is 16.6. The van der Waals surface area contributed by atoms with Gasteiger partial charge in [-0.3, -0.25) is 14.6 Å². The van der Waals surface area contributed by atoms with Gasteiger partial charge in [0.2, 0.25) is 5.91 Å². The third-order valence-corrected chi connectivity index (χ3v) is 10.1. The van der Waals surface area contributed by atoms with Gasteiger partial charge in [-0.15, -0.1) is 0 Å². The van der Waals surface area contributed by atoms with E-state index in [9.17, 15) is 14.4 Å². The largest absolute Gasteiger partial charge is 0.465 e. The number of ether oxygens (including phenoxy) is 3. The number of rotatable bonds is 5. The summed E-state index contributed by atoms with van der Waals surface area (Å²) in [5, 5.41) is 3.96. The van der Waals surface area contributed by atoms with E-state index in [4.69, 9.17) is 19.2 Å². The fourth-order valence-corrected chi connectivity index (χ4v) is 7.52. The van der Waals surface area contributed by atoms with Crippen molar-refractivity contribution < 1.29 is 28.6 Å². The smallest absolute Gasteiger partial charge is 0.408 e. The Morgan fingerprint density at radius 3 is 2.60 bits per heavy atom. The van der Waals surface area contributed by atoms with Crippen molar-refractivity contribution >= 4 is 28.9 Å². The van der Waals surface area contributed by atoms with Crippen molar-refractivity contribution in [3.8, 4) is 22.4 Å². The second-order valence-electron chi connectivity index (χ2n) is 15.9. The minimum atomic E-state index is -0.879. The molecule has 0 saturated carbocycles. The van der Waals surface area contributed by atoms with Crippen molar-refractivity contribution in [3.63, 3.8) is 0 Å². The van der Waals surface area contributed by atoms with Gasteiger partial charge in [0.1, 0.15) is 11.6 Å². The predicted molar refractivity (Wildman–Crippen MR) is 202 cm³/mol. The van der Waals surface area contributed by atoms with E-state index in [1.807, 2.05) is 31.3 Å². The van der Waals surface area contributed by atoms with Crippen molar-refractivity contribution in [2.45, 2.75) is 92.0 Å². The fourth-order valence-electron chi connectivity index (χ4n) is 7.52. The Morgan fingerprint density at radius 2 is 1.87 bits per heavy atom. The standard InChI is InChI=1S/C42H52N4O6/c1-9-46-35-16-15-29-22-32(35)33(37(46)31-14-11-18-43-36(31)26(2)50-8)23-42(6,7)25-51-39(48)30-17-19-45(24-30)38(47)34(44-40(49)52-41(3,4)5)21-27-12-10-13-28(29)20-27/h10-16,18,20,22,26,30,34H,9,17,19,21,23-25H2,1-8H3,(H,44,49)/t26-,30-,34-/m0/s1. The van der Waals surface area contributed by atoms with Gasteiger partial charge < -0.3 is 29.0 Å². The first kappa shape index (κ1) is 37.1. The minimum Gasteiger partial charge on any atom is -0.465 e. The minimum absolute atomic E-state index is 0.216. The maximum Gasteiger partial charge on any atom is 0.408 e. The van der Waals surface area contributed by atoms with E-state index in [-0.39, 0.29) is 37.6 Å². The Hall–Kier alpha value is -4.70. The lowest BCUT2D eigenvalue weighted by Crippen LogP contribution is -2.50. The van der Waals surface area contributed by atoms with Gasteiger partial charge in [0.15, 0.2) is 0 Å². The molecule has 2 aromatic carbocycles. The molecule has 4 heterocycles. The Labute approximate surface area is 306 Å². The van der Waals surface area contributed by atoms with Crippen LogP contribution in [0.3, 0.4) is 0 Å². The number of carbonyl (C=O) groups is 3. The van der Waals surface area contributed by atoms with Crippen LogP contribution in [0.15, 0.2) is 60.8 Å². The molecule has 1 N–H and O–H groups in total. The lowest BCUT2D eigenvalue weighted by Gasteiger charge is -2.27. The van der Waals surface area contributed by atoms with Crippen LogP contribution in [0.2, 0.25) is 0 Å². The zero-order valence-electron chi connectivity index (χ0n) is 31.7. The molecule has 2 aromatic heterocycles. The molecule has 2 aliphatic heterocycles. The molecule has 0 unspecified atom stereocenters. The van der Waals surface area contributed by atoms with Crippen molar-refractivity contribution in [2.75, 3.05) is 26.8 Å². The molecule has 6 rings (SSSR count). The Kier molecular flexibility index (Phi) is 10.5. The summed E-state index contributed by atoms with van der Waals surface area (Å²) in [4.78, 5) is 47.0. The molecule has 0 aliphatic carbocycles. The molecular weight excluding hydrogens is 656 g/mol. The van der Waals surface area contributed by atoms with E-state index >= 15 is 0 Å². The van der Waals surface area contributed by atoms with Crippen molar-refractivity contribution in [1.82, 2.24) is 19.8 Å². The van der Waals surface area contributed by atoms with Gasteiger partial charge in [0, 0.05) is 61.2 Å². The number of aryl methyl sites for hydroxylation is 1. The van der Waals surface area contributed by atoms with E-state index in [1.165, 1.54) is 0 Å². The third-order valence-electron chi connectivity index (χ3n) is 10.1. The Balaban J connectivity index is 1.51. The van der Waals surface area contributed by atoms with Gasteiger partial charge in [-0.1, -0.05) is 44.2 Å². The van der Waals surface area contributed by atoms with Crippen LogP contribution in [-0.2, 0) is 43.2 Å². The Bertz CT molecular complexity index is 1970. The third kappa shape index (κ3) is 7.87. The summed E-state index contributed by atoms with van der Waals surface area (Å²) in [6.45, 7) is 15.4. The average molecular weight is 709 g/mol. The zero-order valence-corrected chi connectivity index (χ0v) is 31.7. The summed E-state index contributed by atoms with van der Waals surface area (Å²) in [5.74, 6) is -1.00. The predicted octanol–water partition coefficient (Wildman–Crippen LogP) is 7.51. The van der Waals surface area contributed by atoms with Crippen LogP contribution < -0.4 is 5.32 Å². The molecule has 10 heteroatoms. The van der Waals surface area contributed by atoms with Crippen LogP contribution in [0.4, 0.5) is 4.79 Å². The highest BCUT2D eigenvalue weighted by molar-refractivity contribution is 5.95. The van der Waals surface area contributed by atoms with Gasteiger partial charge in [-0.2, -0.15) is 0 Å². The number of nitrogens with zero attached hydrogens (tertiary/aromatic N) is 3. The number of carbonyl (C=O) groups excluding carboxylic acids is 3. The normalized spacial score (nSPS) is 20.0. The molecule has 6 bridgehead atoms. The topological polar surface area (TPSA) is 112 Å². The van der Waals surface area contributed by atoms with Crippen LogP contribution in [-0.4, -0.2) is 70.9 Å². The van der Waals surface area contributed by atoms with Crippen LogP contribution in [0.1, 0.15) is 77.8 Å². The van der Waals surface area contributed by atoms with Gasteiger partial charge in [-0.05, 0) is 94.0 Å². The molecule has 0 radical (unpaired) electrons. The Morgan fingerprint density at radius 1 is 1.10 bits per heavy atom. The molecule has 10 nitrogen and oxygen atoms in total. The number of alkyl carbamates (subject to hydrolysis) is 1. The van der Waals surface area contributed by atoms with Gasteiger partial charge in [0.05, 0.1) is 30.0 Å². The number of hydrogen-bond acceptors (Lipinski definition) is 7. The first-order valence-electron chi connectivity index (χ1n) is 18.4. The van der Waals surface area contributed by atoms with E-state index in [1.54, 1.807) is 32.8 Å². The fraction of sp³-hybridized carbons (Fsp3) is 0.476. The number of benzene rings is 2. The second-order valence-corrected chi connectivity index (χ2v) is 15.9. The van der Waals surface area contributed by atoms with Crippen molar-refractivity contribution in [3.05, 3.63) is 77.6 Å². The first-order chi connectivity index (χ1) is 24.7. The number of methoxy groups -OCH3 is 1. The van der Waals surface area contributed by atoms with E-state index in [0.717, 1.165) is 56.7 Å². The van der Waals surface area contributed by atoms with E-state index < -0.39 is 29.1 Å². The van der Waals surface area contributed by atoms with Crippen molar-refractivity contribution in [2.24, 2.45) is 11.3 Å². The molecule has 2 aliphatic rings. The highest BCUT2D eigenvalue weighted by Crippen LogP contribution is 2.42. The average Bonchev–Trinajstić information content (AvgIpc) is 3.71. The molecule has 276 valence electrons. The zero-order chi connectivity index (χ0) is 37.4. The molecule has 1 fully saturated rings. The summed E-state index contributed by atoms with van der Waals surface area (Å²) in [7, 11) is 1.70. The molecular formula is C42H52N4O6. The number of esters is 1. The molecule has 52 heavy (non-hydrogen) atoms. The monoisotopic (exact) mass is 708 g/mol. The lowest BCUT2D eigenvalue weighted by atomic mass is 9.84. The van der Waals surface area contributed by atoms with Crippen LogP contribution in [0.5, 0.6) is 0 Å². The molecule has 3 atom stereocenters. The lowest BCUT2D eigenvalue weighted by molar-refractivity contribution is -0.151.